The fourth-order valence-electron chi connectivity index (χ4n) is 5.68. The molecule has 0 aromatic rings. The standard InChI is InChI=1S/C20H32N4O5.ClH/c1-10(20(29)24-15(19(21)28)2-3-17(26)27)23-16(25)9-22-18-13-5-11-4-12(7-13)8-14(18)6-11;/h10-15,18,22H,2-9H2,1H3,(H2,21,28)(H,23,25)(H,24,29)(H,26,27);1H/t10-,11?,12?,13?,14?,15+,18?;/m0./s1. The van der Waals surface area contributed by atoms with Gasteiger partial charge in [0.25, 0.3) is 0 Å². The SMILES string of the molecule is C[C@H](NC(=O)CNC1C2CC3CC(C2)CC1C3)C(=O)N[C@H](CCC(=O)O)C(N)=O.Cl. The van der Waals surface area contributed by atoms with Crippen LogP contribution < -0.4 is 21.7 Å². The van der Waals surface area contributed by atoms with Crippen molar-refractivity contribution in [3.8, 4) is 0 Å². The summed E-state index contributed by atoms with van der Waals surface area (Å²) < 4.78 is 0. The molecule has 0 aliphatic heterocycles. The van der Waals surface area contributed by atoms with Crippen molar-refractivity contribution in [3.63, 3.8) is 0 Å². The van der Waals surface area contributed by atoms with Crippen molar-refractivity contribution in [1.29, 1.82) is 0 Å². The van der Waals surface area contributed by atoms with Gasteiger partial charge in [0.05, 0.1) is 6.54 Å². The van der Waals surface area contributed by atoms with Crippen molar-refractivity contribution in [3.05, 3.63) is 0 Å². The maximum atomic E-state index is 12.3. The highest BCUT2D eigenvalue weighted by Gasteiger charge is 2.48. The van der Waals surface area contributed by atoms with Crippen molar-refractivity contribution in [2.24, 2.45) is 29.4 Å². The van der Waals surface area contributed by atoms with Gasteiger partial charge in [-0.05, 0) is 69.1 Å². The average molecular weight is 445 g/mol. The predicted octanol–water partition coefficient (Wildman–Crippen LogP) is 0.162. The molecule has 0 saturated heterocycles. The molecule has 4 rings (SSSR count). The minimum absolute atomic E-state index is 0. The second kappa shape index (κ2) is 10.4. The van der Waals surface area contributed by atoms with Crippen LogP contribution in [-0.2, 0) is 19.2 Å². The number of hydrogen-bond donors (Lipinski definition) is 5. The first-order valence-corrected chi connectivity index (χ1v) is 10.6. The molecule has 0 heterocycles. The molecule has 0 spiro atoms. The van der Waals surface area contributed by atoms with Gasteiger partial charge in [-0.3, -0.25) is 19.2 Å². The fourth-order valence-corrected chi connectivity index (χ4v) is 5.68. The number of hydrogen-bond acceptors (Lipinski definition) is 5. The average Bonchev–Trinajstić information content (AvgIpc) is 2.63. The first-order valence-electron chi connectivity index (χ1n) is 10.6. The summed E-state index contributed by atoms with van der Waals surface area (Å²) in [4.78, 5) is 46.6. The van der Waals surface area contributed by atoms with E-state index in [1.165, 1.54) is 39.0 Å². The molecule has 4 aliphatic rings. The number of carboxylic acid groups (broad SMARTS) is 1. The van der Waals surface area contributed by atoms with Crippen LogP contribution in [0.5, 0.6) is 0 Å². The second-order valence-electron chi connectivity index (χ2n) is 9.02. The number of rotatable bonds is 10. The van der Waals surface area contributed by atoms with E-state index in [-0.39, 0.29) is 37.7 Å². The monoisotopic (exact) mass is 444 g/mol. The van der Waals surface area contributed by atoms with Crippen molar-refractivity contribution in [2.45, 2.75) is 70.0 Å². The van der Waals surface area contributed by atoms with Crippen molar-refractivity contribution in [2.75, 3.05) is 6.54 Å². The van der Waals surface area contributed by atoms with E-state index in [2.05, 4.69) is 16.0 Å². The summed E-state index contributed by atoms with van der Waals surface area (Å²) in [6.45, 7) is 1.67. The van der Waals surface area contributed by atoms with Gasteiger partial charge < -0.3 is 26.8 Å². The maximum Gasteiger partial charge on any atom is 0.303 e. The number of carbonyl (C=O) groups is 4. The molecule has 0 unspecified atom stereocenters. The van der Waals surface area contributed by atoms with Gasteiger partial charge in [-0.2, -0.15) is 0 Å². The molecule has 30 heavy (non-hydrogen) atoms. The summed E-state index contributed by atoms with van der Waals surface area (Å²) in [6, 6.07) is -1.55. The number of aliphatic carboxylic acids is 1. The molecule has 2 atom stereocenters. The van der Waals surface area contributed by atoms with Crippen LogP contribution in [0.1, 0.15) is 51.9 Å². The first-order chi connectivity index (χ1) is 13.7. The zero-order chi connectivity index (χ0) is 21.1. The van der Waals surface area contributed by atoms with E-state index in [4.69, 9.17) is 10.8 Å². The zero-order valence-corrected chi connectivity index (χ0v) is 18.1. The van der Waals surface area contributed by atoms with Gasteiger partial charge in [0.15, 0.2) is 0 Å². The lowest BCUT2D eigenvalue weighted by molar-refractivity contribution is -0.137. The lowest BCUT2D eigenvalue weighted by Crippen LogP contribution is -2.57. The lowest BCUT2D eigenvalue weighted by Gasteiger charge is -2.54. The summed E-state index contributed by atoms with van der Waals surface area (Å²) in [6.07, 6.45) is 6.04. The highest BCUT2D eigenvalue weighted by Crippen LogP contribution is 2.53. The maximum absolute atomic E-state index is 12.3. The van der Waals surface area contributed by atoms with Gasteiger partial charge in [0.1, 0.15) is 12.1 Å². The molecular formula is C20H33ClN4O5. The third-order valence-corrected chi connectivity index (χ3v) is 6.80. The zero-order valence-electron chi connectivity index (χ0n) is 17.3. The van der Waals surface area contributed by atoms with E-state index >= 15 is 0 Å². The summed E-state index contributed by atoms with van der Waals surface area (Å²) in [5.41, 5.74) is 5.22. The van der Waals surface area contributed by atoms with E-state index in [1.54, 1.807) is 0 Å². The molecule has 0 aromatic carbocycles. The van der Waals surface area contributed by atoms with Gasteiger partial charge in [-0.25, -0.2) is 0 Å². The molecule has 4 aliphatic carbocycles. The summed E-state index contributed by atoms with van der Waals surface area (Å²) in [7, 11) is 0. The van der Waals surface area contributed by atoms with E-state index in [0.29, 0.717) is 17.9 Å². The van der Waals surface area contributed by atoms with E-state index in [0.717, 1.165) is 11.8 Å². The second-order valence-corrected chi connectivity index (χ2v) is 9.02. The molecular weight excluding hydrogens is 412 g/mol. The van der Waals surface area contributed by atoms with E-state index in [9.17, 15) is 19.2 Å². The van der Waals surface area contributed by atoms with Gasteiger partial charge in [-0.1, -0.05) is 0 Å². The minimum atomic E-state index is -1.08. The number of nitrogens with two attached hydrogens (primary N) is 1. The van der Waals surface area contributed by atoms with E-state index < -0.39 is 29.9 Å². The molecule has 9 nitrogen and oxygen atoms in total. The third kappa shape index (κ3) is 6.07. The number of primary amides is 1. The highest BCUT2D eigenvalue weighted by molar-refractivity contribution is 5.91. The highest BCUT2D eigenvalue weighted by atomic mass is 35.5. The smallest absolute Gasteiger partial charge is 0.303 e. The lowest BCUT2D eigenvalue weighted by atomic mass is 9.54. The largest absolute Gasteiger partial charge is 0.481 e. The van der Waals surface area contributed by atoms with Crippen molar-refractivity contribution >= 4 is 36.1 Å². The first kappa shape index (κ1) is 24.4. The van der Waals surface area contributed by atoms with Gasteiger partial charge >= 0.3 is 5.97 Å². The van der Waals surface area contributed by atoms with Crippen LogP contribution in [-0.4, -0.2) is 53.5 Å². The predicted molar refractivity (Wildman–Crippen MR) is 112 cm³/mol. The third-order valence-electron chi connectivity index (χ3n) is 6.80. The Morgan fingerprint density at radius 3 is 2.07 bits per heavy atom. The Morgan fingerprint density at radius 2 is 1.57 bits per heavy atom. The topological polar surface area (TPSA) is 151 Å². The minimum Gasteiger partial charge on any atom is -0.481 e. The van der Waals surface area contributed by atoms with Crippen LogP contribution in [0, 0.1) is 23.7 Å². The van der Waals surface area contributed by atoms with Crippen LogP contribution in [0.15, 0.2) is 0 Å². The van der Waals surface area contributed by atoms with Crippen molar-refractivity contribution in [1.82, 2.24) is 16.0 Å². The molecule has 4 fully saturated rings. The molecule has 4 saturated carbocycles. The number of carbonyl (C=O) groups excluding carboxylic acids is 3. The van der Waals surface area contributed by atoms with Crippen LogP contribution in [0.3, 0.4) is 0 Å². The van der Waals surface area contributed by atoms with Crippen molar-refractivity contribution < 1.29 is 24.3 Å². The Balaban J connectivity index is 0.00000320. The van der Waals surface area contributed by atoms with Crippen LogP contribution in [0.2, 0.25) is 0 Å². The molecule has 0 radical (unpaired) electrons. The molecule has 170 valence electrons. The Kier molecular flexibility index (Phi) is 8.49. The Hall–Kier alpha value is -1.87. The fraction of sp³-hybridized carbons (Fsp3) is 0.800. The normalized spacial score (nSPS) is 30.6. The molecule has 3 amide bonds. The van der Waals surface area contributed by atoms with Gasteiger partial charge in [0.2, 0.25) is 17.7 Å². The Labute approximate surface area is 182 Å². The molecule has 4 bridgehead atoms. The Morgan fingerprint density at radius 1 is 1.00 bits per heavy atom. The number of halogens is 1. The molecule has 10 heteroatoms. The molecule has 6 N–H and O–H groups in total. The Bertz CT molecular complexity index is 646. The van der Waals surface area contributed by atoms with Crippen LogP contribution in [0.25, 0.3) is 0 Å². The van der Waals surface area contributed by atoms with Crippen LogP contribution >= 0.6 is 12.4 Å². The molecule has 0 aromatic heterocycles. The summed E-state index contributed by atoms with van der Waals surface area (Å²) in [5.74, 6) is 0.324. The quantitative estimate of drug-likeness (QED) is 0.324. The van der Waals surface area contributed by atoms with Gasteiger partial charge in [0, 0.05) is 12.5 Å². The summed E-state index contributed by atoms with van der Waals surface area (Å²) >= 11 is 0. The number of carboxylic acids is 1. The van der Waals surface area contributed by atoms with E-state index in [1.807, 2.05) is 0 Å². The number of amides is 3. The van der Waals surface area contributed by atoms with Gasteiger partial charge in [-0.15, -0.1) is 12.4 Å². The summed E-state index contributed by atoms with van der Waals surface area (Å²) in [5, 5.41) is 17.2. The van der Waals surface area contributed by atoms with Crippen LogP contribution in [0.4, 0.5) is 0 Å². The number of nitrogens with one attached hydrogen (secondary N) is 3.